The molecule has 0 saturated heterocycles. The van der Waals surface area contributed by atoms with Gasteiger partial charge in [-0.3, -0.25) is 0 Å². The van der Waals surface area contributed by atoms with Crippen molar-refractivity contribution >= 4 is 22.8 Å². The Labute approximate surface area is 104 Å². The number of hydrogen-bond acceptors (Lipinski definition) is 4. The minimum Gasteiger partial charge on any atom is -0.497 e. The largest absolute Gasteiger partial charge is 0.497 e. The van der Waals surface area contributed by atoms with Crippen LogP contribution in [0.2, 0.25) is 0 Å². The first-order chi connectivity index (χ1) is 8.26. The van der Waals surface area contributed by atoms with Crippen molar-refractivity contribution < 1.29 is 4.74 Å². The van der Waals surface area contributed by atoms with E-state index in [0.717, 1.165) is 28.4 Å². The van der Waals surface area contributed by atoms with Crippen LogP contribution in [0.25, 0.3) is 11.0 Å². The number of aromatic nitrogens is 2. The van der Waals surface area contributed by atoms with E-state index in [1.54, 1.807) is 7.11 Å². The van der Waals surface area contributed by atoms with Gasteiger partial charge >= 0.3 is 0 Å². The number of thioether (sulfide) groups is 1. The monoisotopic (exact) mass is 247 g/mol. The van der Waals surface area contributed by atoms with Crippen LogP contribution in [0.4, 0.5) is 0 Å². The van der Waals surface area contributed by atoms with E-state index in [2.05, 4.69) is 16.0 Å². The van der Waals surface area contributed by atoms with Crippen molar-refractivity contribution in [1.29, 1.82) is 5.26 Å². The van der Waals surface area contributed by atoms with Crippen LogP contribution >= 0.6 is 11.8 Å². The Bertz CT molecular complexity index is 558. The van der Waals surface area contributed by atoms with E-state index in [1.807, 2.05) is 25.1 Å². The number of methoxy groups -OCH3 is 1. The molecule has 0 radical (unpaired) electrons. The summed E-state index contributed by atoms with van der Waals surface area (Å²) in [6, 6.07) is 7.93. The summed E-state index contributed by atoms with van der Waals surface area (Å²) in [5.41, 5.74) is 1.82. The number of nitrogens with one attached hydrogen (secondary N) is 1. The van der Waals surface area contributed by atoms with Gasteiger partial charge in [-0.25, -0.2) is 4.98 Å². The zero-order valence-corrected chi connectivity index (χ0v) is 10.5. The average Bonchev–Trinajstić information content (AvgIpc) is 2.76. The lowest BCUT2D eigenvalue weighted by molar-refractivity contribution is 0.415. The SMILES string of the molecule is CCC(C#N)Sc1nc2ccc(OC)cc2[nH]1. The van der Waals surface area contributed by atoms with E-state index < -0.39 is 0 Å². The van der Waals surface area contributed by atoms with E-state index in [9.17, 15) is 0 Å². The van der Waals surface area contributed by atoms with Gasteiger partial charge in [-0.1, -0.05) is 18.7 Å². The second-order valence-corrected chi connectivity index (χ2v) is 4.76. The minimum atomic E-state index is -0.0579. The zero-order valence-electron chi connectivity index (χ0n) is 9.73. The van der Waals surface area contributed by atoms with Crippen LogP contribution < -0.4 is 4.74 Å². The molecule has 0 saturated carbocycles. The van der Waals surface area contributed by atoms with Crippen molar-refractivity contribution in [3.05, 3.63) is 18.2 Å². The molecule has 88 valence electrons. The molecule has 4 nitrogen and oxygen atoms in total. The zero-order chi connectivity index (χ0) is 12.3. The standard InChI is InChI=1S/C12H13N3OS/c1-3-9(7-13)17-12-14-10-5-4-8(16-2)6-11(10)15-12/h4-6,9H,3H2,1-2H3,(H,14,15). The number of rotatable bonds is 4. The van der Waals surface area contributed by atoms with Crippen LogP contribution in [-0.2, 0) is 0 Å². The van der Waals surface area contributed by atoms with E-state index in [-0.39, 0.29) is 5.25 Å². The normalized spacial score (nSPS) is 12.3. The molecule has 1 N–H and O–H groups in total. The highest BCUT2D eigenvalue weighted by Crippen LogP contribution is 2.26. The number of fused-ring (bicyclic) bond motifs is 1. The molecule has 0 aliphatic rings. The van der Waals surface area contributed by atoms with Gasteiger partial charge in [0.25, 0.3) is 0 Å². The quantitative estimate of drug-likeness (QED) is 0.844. The summed E-state index contributed by atoms with van der Waals surface area (Å²) in [4.78, 5) is 7.61. The molecule has 0 spiro atoms. The average molecular weight is 247 g/mol. The Morgan fingerprint density at radius 2 is 2.41 bits per heavy atom. The highest BCUT2D eigenvalue weighted by atomic mass is 32.2. The number of ether oxygens (including phenoxy) is 1. The molecule has 5 heteroatoms. The van der Waals surface area contributed by atoms with Gasteiger partial charge in [0.1, 0.15) is 5.75 Å². The first-order valence-corrected chi connectivity index (χ1v) is 6.24. The second kappa shape index (κ2) is 5.11. The summed E-state index contributed by atoms with van der Waals surface area (Å²) in [6.45, 7) is 1.99. The Hall–Kier alpha value is -1.67. The van der Waals surface area contributed by atoms with Crippen LogP contribution in [0.3, 0.4) is 0 Å². The van der Waals surface area contributed by atoms with Crippen molar-refractivity contribution in [2.75, 3.05) is 7.11 Å². The predicted octanol–water partition coefficient (Wildman–Crippen LogP) is 2.97. The molecule has 17 heavy (non-hydrogen) atoms. The smallest absolute Gasteiger partial charge is 0.167 e. The van der Waals surface area contributed by atoms with E-state index in [1.165, 1.54) is 11.8 Å². The lowest BCUT2D eigenvalue weighted by atomic mass is 10.3. The van der Waals surface area contributed by atoms with Gasteiger partial charge in [-0.15, -0.1) is 0 Å². The summed E-state index contributed by atoms with van der Waals surface area (Å²) < 4.78 is 5.15. The Balaban J connectivity index is 2.28. The fraction of sp³-hybridized carbons (Fsp3) is 0.333. The Morgan fingerprint density at radius 3 is 3.06 bits per heavy atom. The summed E-state index contributed by atoms with van der Waals surface area (Å²) in [6.07, 6.45) is 0.807. The summed E-state index contributed by atoms with van der Waals surface area (Å²) in [7, 11) is 1.63. The number of hydrogen-bond donors (Lipinski definition) is 1. The molecule has 1 atom stereocenters. The third-order valence-corrected chi connectivity index (χ3v) is 3.58. The third kappa shape index (κ3) is 2.53. The number of aromatic amines is 1. The van der Waals surface area contributed by atoms with Crippen LogP contribution in [0.1, 0.15) is 13.3 Å². The second-order valence-electron chi connectivity index (χ2n) is 3.57. The maximum atomic E-state index is 8.91. The Morgan fingerprint density at radius 1 is 1.59 bits per heavy atom. The maximum Gasteiger partial charge on any atom is 0.167 e. The highest BCUT2D eigenvalue weighted by Gasteiger charge is 2.10. The van der Waals surface area contributed by atoms with Gasteiger partial charge in [0.15, 0.2) is 5.16 Å². The topological polar surface area (TPSA) is 61.7 Å². The van der Waals surface area contributed by atoms with Gasteiger partial charge in [-0.05, 0) is 18.6 Å². The molecule has 1 heterocycles. The molecule has 1 aromatic carbocycles. The number of benzene rings is 1. The van der Waals surface area contributed by atoms with Gasteiger partial charge in [0.2, 0.25) is 0 Å². The van der Waals surface area contributed by atoms with Gasteiger partial charge in [0, 0.05) is 6.07 Å². The molecule has 2 aromatic rings. The predicted molar refractivity (Wildman–Crippen MR) is 68.2 cm³/mol. The van der Waals surface area contributed by atoms with Crippen LogP contribution in [0.5, 0.6) is 5.75 Å². The number of H-pyrrole nitrogens is 1. The van der Waals surface area contributed by atoms with Crippen molar-refractivity contribution in [3.63, 3.8) is 0 Å². The van der Waals surface area contributed by atoms with Crippen molar-refractivity contribution in [2.24, 2.45) is 0 Å². The molecule has 1 unspecified atom stereocenters. The van der Waals surface area contributed by atoms with Crippen LogP contribution in [-0.4, -0.2) is 22.3 Å². The van der Waals surface area contributed by atoms with E-state index in [0.29, 0.717) is 0 Å². The van der Waals surface area contributed by atoms with Crippen LogP contribution in [0.15, 0.2) is 23.4 Å². The Kier molecular flexibility index (Phi) is 3.55. The lowest BCUT2D eigenvalue weighted by Crippen LogP contribution is -1.95. The van der Waals surface area contributed by atoms with E-state index >= 15 is 0 Å². The molecular formula is C12H13N3OS. The molecule has 2 rings (SSSR count). The molecule has 0 amide bonds. The molecule has 0 bridgehead atoms. The maximum absolute atomic E-state index is 8.91. The fourth-order valence-electron chi connectivity index (χ4n) is 1.48. The molecule has 0 fully saturated rings. The number of imidazole rings is 1. The summed E-state index contributed by atoms with van der Waals surface area (Å²) in [5, 5.41) is 9.63. The first-order valence-electron chi connectivity index (χ1n) is 5.37. The highest BCUT2D eigenvalue weighted by molar-refractivity contribution is 8.00. The van der Waals surface area contributed by atoms with Crippen molar-refractivity contribution in [1.82, 2.24) is 9.97 Å². The van der Waals surface area contributed by atoms with Gasteiger partial charge < -0.3 is 9.72 Å². The minimum absolute atomic E-state index is 0.0579. The molecule has 0 aliphatic carbocycles. The fourth-order valence-corrected chi connectivity index (χ4v) is 2.29. The molecule has 1 aromatic heterocycles. The van der Waals surface area contributed by atoms with Crippen molar-refractivity contribution in [2.45, 2.75) is 23.8 Å². The van der Waals surface area contributed by atoms with Crippen molar-refractivity contribution in [3.8, 4) is 11.8 Å². The summed E-state index contributed by atoms with van der Waals surface area (Å²) >= 11 is 1.46. The van der Waals surface area contributed by atoms with Gasteiger partial charge in [0.05, 0.1) is 29.5 Å². The molecule has 0 aliphatic heterocycles. The number of nitriles is 1. The lowest BCUT2D eigenvalue weighted by Gasteiger charge is -2.00. The third-order valence-electron chi connectivity index (χ3n) is 2.44. The van der Waals surface area contributed by atoms with E-state index in [4.69, 9.17) is 10.00 Å². The molecular weight excluding hydrogens is 234 g/mol. The first kappa shape index (κ1) is 11.8. The summed E-state index contributed by atoms with van der Waals surface area (Å²) in [5.74, 6) is 0.796. The van der Waals surface area contributed by atoms with Crippen LogP contribution in [0, 0.1) is 11.3 Å². The van der Waals surface area contributed by atoms with Gasteiger partial charge in [-0.2, -0.15) is 5.26 Å². The number of nitrogens with zero attached hydrogens (tertiary/aromatic N) is 2.